The first-order chi connectivity index (χ1) is 14.9. The van der Waals surface area contributed by atoms with Gasteiger partial charge in [0.15, 0.2) is 0 Å². The molecule has 1 aliphatic rings. The van der Waals surface area contributed by atoms with Crippen LogP contribution in [0.15, 0.2) is 70.9 Å². The van der Waals surface area contributed by atoms with Crippen LogP contribution >= 0.6 is 11.3 Å². The number of amides is 1. The number of para-hydroxylation sites is 1. The topological polar surface area (TPSA) is 69.7 Å². The molecule has 1 aromatic heterocycles. The van der Waals surface area contributed by atoms with Crippen LogP contribution in [0.3, 0.4) is 0 Å². The van der Waals surface area contributed by atoms with Crippen molar-refractivity contribution in [1.29, 1.82) is 0 Å². The zero-order valence-corrected chi connectivity index (χ0v) is 19.1. The second-order valence-corrected chi connectivity index (χ2v) is 10.5. The third-order valence-electron chi connectivity index (χ3n) is 5.65. The van der Waals surface area contributed by atoms with Crippen LogP contribution in [0.4, 0.5) is 11.4 Å². The fraction of sp³-hybridized carbons (Fsp3) is 0.261. The molecule has 0 bridgehead atoms. The van der Waals surface area contributed by atoms with Gasteiger partial charge in [-0.25, -0.2) is 8.42 Å². The van der Waals surface area contributed by atoms with Crippen molar-refractivity contribution in [2.24, 2.45) is 0 Å². The van der Waals surface area contributed by atoms with Crippen molar-refractivity contribution in [3.05, 3.63) is 76.5 Å². The van der Waals surface area contributed by atoms with Gasteiger partial charge in [0.25, 0.3) is 10.0 Å². The average Bonchev–Trinajstić information content (AvgIpc) is 3.25. The first-order valence-corrected chi connectivity index (χ1v) is 12.4. The third kappa shape index (κ3) is 4.51. The highest BCUT2D eigenvalue weighted by Crippen LogP contribution is 2.32. The van der Waals surface area contributed by atoms with Crippen molar-refractivity contribution >= 4 is 38.6 Å². The lowest BCUT2D eigenvalue weighted by Crippen LogP contribution is -2.39. The van der Waals surface area contributed by atoms with Gasteiger partial charge in [0.05, 0.1) is 17.1 Å². The molecule has 8 heteroatoms. The van der Waals surface area contributed by atoms with Crippen LogP contribution in [0.1, 0.15) is 23.4 Å². The molecule has 0 radical (unpaired) electrons. The minimum absolute atomic E-state index is 0.130. The Balaban J connectivity index is 1.46. The number of hydrogen-bond acceptors (Lipinski definition) is 5. The van der Waals surface area contributed by atoms with Gasteiger partial charge in [-0.05, 0) is 60.7 Å². The van der Waals surface area contributed by atoms with Gasteiger partial charge >= 0.3 is 0 Å². The van der Waals surface area contributed by atoms with Crippen molar-refractivity contribution in [3.8, 4) is 0 Å². The van der Waals surface area contributed by atoms with Crippen LogP contribution in [-0.4, -0.2) is 39.4 Å². The standard InChI is InChI=1S/C23H25N3O3S2/c1-17-21-12-14-30-22(21)11-13-26(17)16-23(27)24-18-7-6-10-20(15-18)31(28,29)25(2)19-8-4-3-5-9-19/h3-10,12,14-15,17H,11,13,16H2,1-2H3,(H,24,27). The van der Waals surface area contributed by atoms with Gasteiger partial charge in [0.2, 0.25) is 5.91 Å². The molecule has 4 rings (SSSR count). The number of nitrogens with zero attached hydrogens (tertiary/aromatic N) is 2. The highest BCUT2D eigenvalue weighted by atomic mass is 32.2. The van der Waals surface area contributed by atoms with Crippen LogP contribution in [-0.2, 0) is 21.2 Å². The number of rotatable bonds is 6. The molecule has 0 saturated heterocycles. The summed E-state index contributed by atoms with van der Waals surface area (Å²) in [5.74, 6) is -0.156. The van der Waals surface area contributed by atoms with Gasteiger partial charge < -0.3 is 5.32 Å². The lowest BCUT2D eigenvalue weighted by atomic mass is 10.0. The molecule has 2 aromatic carbocycles. The molecule has 1 aliphatic heterocycles. The van der Waals surface area contributed by atoms with E-state index in [0.29, 0.717) is 11.4 Å². The fourth-order valence-electron chi connectivity index (χ4n) is 3.83. The van der Waals surface area contributed by atoms with Gasteiger partial charge in [0.1, 0.15) is 0 Å². The van der Waals surface area contributed by atoms with Crippen molar-refractivity contribution < 1.29 is 13.2 Å². The lowest BCUT2D eigenvalue weighted by molar-refractivity contribution is -0.117. The number of thiophene rings is 1. The number of benzene rings is 2. The molecule has 1 atom stereocenters. The van der Waals surface area contributed by atoms with Gasteiger partial charge in [-0.2, -0.15) is 0 Å². The maximum Gasteiger partial charge on any atom is 0.264 e. The van der Waals surface area contributed by atoms with Gasteiger partial charge in [0, 0.05) is 30.2 Å². The van der Waals surface area contributed by atoms with Gasteiger partial charge in [-0.15, -0.1) is 11.3 Å². The summed E-state index contributed by atoms with van der Waals surface area (Å²) in [6, 6.07) is 17.6. The normalized spacial score (nSPS) is 16.5. The van der Waals surface area contributed by atoms with Gasteiger partial charge in [-0.1, -0.05) is 24.3 Å². The largest absolute Gasteiger partial charge is 0.325 e. The highest BCUT2D eigenvalue weighted by molar-refractivity contribution is 7.92. The van der Waals surface area contributed by atoms with Crippen LogP contribution in [0, 0.1) is 0 Å². The lowest BCUT2D eigenvalue weighted by Gasteiger charge is -2.32. The second kappa shape index (κ2) is 8.82. The van der Waals surface area contributed by atoms with Crippen molar-refractivity contribution in [1.82, 2.24) is 4.90 Å². The fourth-order valence-corrected chi connectivity index (χ4v) is 6.04. The van der Waals surface area contributed by atoms with E-state index in [-0.39, 0.29) is 23.4 Å². The summed E-state index contributed by atoms with van der Waals surface area (Å²) in [6.45, 7) is 3.21. The van der Waals surface area contributed by atoms with E-state index in [0.717, 1.165) is 13.0 Å². The second-order valence-electron chi connectivity index (χ2n) is 7.58. The minimum Gasteiger partial charge on any atom is -0.325 e. The Morgan fingerprint density at radius 1 is 1.16 bits per heavy atom. The zero-order valence-electron chi connectivity index (χ0n) is 17.5. The summed E-state index contributed by atoms with van der Waals surface area (Å²) in [7, 11) is -2.22. The Kier molecular flexibility index (Phi) is 6.13. The Morgan fingerprint density at radius 3 is 2.71 bits per heavy atom. The van der Waals surface area contributed by atoms with E-state index in [9.17, 15) is 13.2 Å². The monoisotopic (exact) mass is 455 g/mol. The van der Waals surface area contributed by atoms with Crippen LogP contribution < -0.4 is 9.62 Å². The minimum atomic E-state index is -3.74. The smallest absolute Gasteiger partial charge is 0.264 e. The number of anilines is 2. The Bertz CT molecular complexity index is 1180. The number of sulfonamides is 1. The van der Waals surface area contributed by atoms with E-state index in [1.54, 1.807) is 47.7 Å². The maximum atomic E-state index is 13.0. The van der Waals surface area contributed by atoms with E-state index in [1.807, 2.05) is 6.07 Å². The number of hydrogen-bond donors (Lipinski definition) is 1. The molecule has 31 heavy (non-hydrogen) atoms. The first kappa shape index (κ1) is 21.5. The van der Waals surface area contributed by atoms with Crippen LogP contribution in [0.25, 0.3) is 0 Å². The van der Waals surface area contributed by atoms with E-state index in [1.165, 1.54) is 33.9 Å². The van der Waals surface area contributed by atoms with Crippen molar-refractivity contribution in [2.75, 3.05) is 29.8 Å². The number of carbonyl (C=O) groups is 1. The molecule has 6 nitrogen and oxygen atoms in total. The Hall–Kier alpha value is -2.68. The van der Waals surface area contributed by atoms with Crippen molar-refractivity contribution in [3.63, 3.8) is 0 Å². The van der Waals surface area contributed by atoms with E-state index in [4.69, 9.17) is 0 Å². The number of carbonyl (C=O) groups excluding carboxylic acids is 1. The Morgan fingerprint density at radius 2 is 1.94 bits per heavy atom. The van der Waals surface area contributed by atoms with E-state index < -0.39 is 10.0 Å². The molecular weight excluding hydrogens is 430 g/mol. The molecule has 162 valence electrons. The van der Waals surface area contributed by atoms with Crippen LogP contribution in [0.2, 0.25) is 0 Å². The molecule has 1 amide bonds. The summed E-state index contributed by atoms with van der Waals surface area (Å²) in [5, 5.41) is 4.96. The highest BCUT2D eigenvalue weighted by Gasteiger charge is 2.26. The summed E-state index contributed by atoms with van der Waals surface area (Å²) >= 11 is 1.77. The molecule has 0 fully saturated rings. The SMILES string of the molecule is CC1c2ccsc2CCN1CC(=O)Nc1cccc(S(=O)(=O)N(C)c2ccccc2)c1. The number of nitrogens with one attached hydrogen (secondary N) is 1. The summed E-state index contributed by atoms with van der Waals surface area (Å²) in [5.41, 5.74) is 2.33. The quantitative estimate of drug-likeness (QED) is 0.607. The summed E-state index contributed by atoms with van der Waals surface area (Å²) < 4.78 is 27.3. The molecule has 1 unspecified atom stereocenters. The Labute approximate surface area is 187 Å². The molecular formula is C23H25N3O3S2. The summed E-state index contributed by atoms with van der Waals surface area (Å²) in [4.78, 5) is 16.4. The van der Waals surface area contributed by atoms with Crippen LogP contribution in [0.5, 0.6) is 0 Å². The third-order valence-corrected chi connectivity index (χ3v) is 8.42. The predicted molar refractivity (Wildman–Crippen MR) is 125 cm³/mol. The molecule has 0 aliphatic carbocycles. The summed E-state index contributed by atoms with van der Waals surface area (Å²) in [6.07, 6.45) is 0.949. The zero-order chi connectivity index (χ0) is 22.0. The molecule has 3 aromatic rings. The molecule has 0 saturated carbocycles. The van der Waals surface area contributed by atoms with Crippen molar-refractivity contribution in [2.45, 2.75) is 24.3 Å². The molecule has 2 heterocycles. The van der Waals surface area contributed by atoms with E-state index in [2.05, 4.69) is 28.6 Å². The number of fused-ring (bicyclic) bond motifs is 1. The molecule has 1 N–H and O–H groups in total. The van der Waals surface area contributed by atoms with E-state index >= 15 is 0 Å². The average molecular weight is 456 g/mol. The predicted octanol–water partition coefficient (Wildman–Crippen LogP) is 4.13. The first-order valence-electron chi connectivity index (χ1n) is 10.1. The molecule has 0 spiro atoms. The van der Waals surface area contributed by atoms with Gasteiger partial charge in [-0.3, -0.25) is 14.0 Å². The maximum absolute atomic E-state index is 13.0.